The maximum Gasteiger partial charge on any atom is 0.264 e. The van der Waals surface area contributed by atoms with E-state index in [9.17, 15) is 18.0 Å². The van der Waals surface area contributed by atoms with Crippen molar-refractivity contribution in [1.29, 1.82) is 0 Å². The lowest BCUT2D eigenvalue weighted by Gasteiger charge is -2.32. The Labute approximate surface area is 224 Å². The monoisotopic (exact) mass is 541 g/mol. The molecule has 1 N–H and O–H groups in total. The molecule has 0 unspecified atom stereocenters. The molecule has 0 saturated heterocycles. The number of benzene rings is 3. The highest BCUT2D eigenvalue weighted by Gasteiger charge is 2.33. The minimum absolute atomic E-state index is 0.0401. The quantitative estimate of drug-likeness (QED) is 0.428. The van der Waals surface area contributed by atoms with Crippen LogP contribution in [0.3, 0.4) is 0 Å². The molecule has 0 bridgehead atoms. The lowest BCUT2D eigenvalue weighted by atomic mass is 10.1. The number of amides is 2. The summed E-state index contributed by atoms with van der Waals surface area (Å²) in [5.74, 6) is -0.911. The molecule has 0 saturated carbocycles. The Morgan fingerprint density at radius 3 is 2.16 bits per heavy atom. The number of sulfonamides is 1. The molecule has 0 aromatic heterocycles. The number of halogens is 1. The molecule has 0 heterocycles. The van der Waals surface area contributed by atoms with Crippen LogP contribution in [0.4, 0.5) is 5.69 Å². The third-order valence-electron chi connectivity index (χ3n) is 6.22. The topological polar surface area (TPSA) is 86.8 Å². The maximum atomic E-state index is 13.9. The smallest absolute Gasteiger partial charge is 0.264 e. The third-order valence-corrected chi connectivity index (χ3v) is 8.36. The predicted molar refractivity (Wildman–Crippen MR) is 147 cm³/mol. The van der Waals surface area contributed by atoms with Crippen molar-refractivity contribution in [2.24, 2.45) is 0 Å². The van der Waals surface area contributed by atoms with Gasteiger partial charge in [-0.25, -0.2) is 8.42 Å². The number of anilines is 1. The first-order valence-electron chi connectivity index (χ1n) is 11.9. The predicted octanol–water partition coefficient (Wildman–Crippen LogP) is 4.62. The minimum atomic E-state index is -4.11. The van der Waals surface area contributed by atoms with Crippen LogP contribution in [0.25, 0.3) is 0 Å². The fourth-order valence-electron chi connectivity index (χ4n) is 4.04. The SMILES string of the molecule is CNC(=O)[C@@H](C)N(Cc1ccccc1Cl)C(=O)CN(c1ccc(C)cc1C)S(=O)(=O)c1ccc(C)cc1. The standard InChI is InChI=1S/C28H32ClN3O4S/c1-19-10-13-24(14-11-19)37(35,36)32(26-15-12-20(2)16-21(26)3)18-27(33)31(22(4)28(34)30-5)17-23-8-6-7-9-25(23)29/h6-16,22H,17-18H2,1-5H3,(H,30,34)/t22-/m1/s1. The van der Waals surface area contributed by atoms with Gasteiger partial charge in [0.25, 0.3) is 10.0 Å². The summed E-state index contributed by atoms with van der Waals surface area (Å²) in [6, 6.07) is 18.0. The van der Waals surface area contributed by atoms with E-state index in [-0.39, 0.29) is 17.3 Å². The number of nitrogens with one attached hydrogen (secondary N) is 1. The van der Waals surface area contributed by atoms with Crippen molar-refractivity contribution in [3.8, 4) is 0 Å². The first kappa shape index (κ1) is 28.2. The number of rotatable bonds is 9. The Bertz CT molecular complexity index is 1390. The van der Waals surface area contributed by atoms with Crippen LogP contribution >= 0.6 is 11.6 Å². The zero-order chi connectivity index (χ0) is 27.3. The molecule has 3 rings (SSSR count). The Morgan fingerprint density at radius 2 is 1.57 bits per heavy atom. The second kappa shape index (κ2) is 11.8. The van der Waals surface area contributed by atoms with Crippen LogP contribution in [0.1, 0.15) is 29.2 Å². The molecular formula is C28H32ClN3O4S. The van der Waals surface area contributed by atoms with E-state index in [1.54, 1.807) is 62.4 Å². The second-order valence-electron chi connectivity index (χ2n) is 9.02. The fourth-order valence-corrected chi connectivity index (χ4v) is 5.71. The summed E-state index contributed by atoms with van der Waals surface area (Å²) in [6.45, 7) is 6.73. The van der Waals surface area contributed by atoms with E-state index in [4.69, 9.17) is 11.6 Å². The van der Waals surface area contributed by atoms with Crippen molar-refractivity contribution < 1.29 is 18.0 Å². The number of hydrogen-bond acceptors (Lipinski definition) is 4. The molecule has 7 nitrogen and oxygen atoms in total. The van der Waals surface area contributed by atoms with E-state index in [0.29, 0.717) is 21.8 Å². The molecule has 0 radical (unpaired) electrons. The lowest BCUT2D eigenvalue weighted by Crippen LogP contribution is -2.50. The van der Waals surface area contributed by atoms with E-state index in [1.165, 1.54) is 24.1 Å². The molecule has 3 aromatic carbocycles. The highest BCUT2D eigenvalue weighted by Crippen LogP contribution is 2.28. The van der Waals surface area contributed by atoms with Crippen LogP contribution in [-0.4, -0.2) is 44.8 Å². The molecule has 3 aromatic rings. The van der Waals surface area contributed by atoms with Gasteiger partial charge in [-0.05, 0) is 63.1 Å². The summed E-state index contributed by atoms with van der Waals surface area (Å²) in [5.41, 5.74) is 3.63. The number of carbonyl (C=O) groups is 2. The molecule has 9 heteroatoms. The van der Waals surface area contributed by atoms with Gasteiger partial charge in [0.1, 0.15) is 12.6 Å². The summed E-state index contributed by atoms with van der Waals surface area (Å²) in [7, 11) is -2.62. The number of aryl methyl sites for hydroxylation is 3. The second-order valence-corrected chi connectivity index (χ2v) is 11.3. The average molecular weight is 542 g/mol. The van der Waals surface area contributed by atoms with Crippen molar-refractivity contribution in [3.05, 3.63) is 94.0 Å². The van der Waals surface area contributed by atoms with E-state index in [0.717, 1.165) is 15.4 Å². The molecule has 0 fully saturated rings. The van der Waals surface area contributed by atoms with Gasteiger partial charge >= 0.3 is 0 Å². The van der Waals surface area contributed by atoms with Crippen LogP contribution in [0, 0.1) is 20.8 Å². The van der Waals surface area contributed by atoms with E-state index >= 15 is 0 Å². The zero-order valence-electron chi connectivity index (χ0n) is 21.7. The van der Waals surface area contributed by atoms with Crippen molar-refractivity contribution in [2.45, 2.75) is 45.2 Å². The number of likely N-dealkylation sites (N-methyl/N-ethyl adjacent to an activating group) is 1. The molecule has 0 aliphatic heterocycles. The van der Waals surface area contributed by atoms with Gasteiger partial charge in [0, 0.05) is 18.6 Å². The van der Waals surface area contributed by atoms with Gasteiger partial charge in [-0.15, -0.1) is 0 Å². The van der Waals surface area contributed by atoms with Crippen molar-refractivity contribution in [3.63, 3.8) is 0 Å². The highest BCUT2D eigenvalue weighted by molar-refractivity contribution is 7.92. The Morgan fingerprint density at radius 1 is 0.946 bits per heavy atom. The van der Waals surface area contributed by atoms with E-state index < -0.39 is 28.5 Å². The number of hydrogen-bond donors (Lipinski definition) is 1. The first-order valence-corrected chi connectivity index (χ1v) is 13.7. The van der Waals surface area contributed by atoms with Crippen LogP contribution < -0.4 is 9.62 Å². The van der Waals surface area contributed by atoms with Gasteiger partial charge in [0.2, 0.25) is 11.8 Å². The fraction of sp³-hybridized carbons (Fsp3) is 0.286. The van der Waals surface area contributed by atoms with Crippen molar-refractivity contribution in [2.75, 3.05) is 17.9 Å². The molecular weight excluding hydrogens is 510 g/mol. The molecule has 1 atom stereocenters. The summed E-state index contributed by atoms with van der Waals surface area (Å²) < 4.78 is 28.8. The third kappa shape index (κ3) is 6.50. The number of carbonyl (C=O) groups excluding carboxylic acids is 2. The van der Waals surface area contributed by atoms with Crippen molar-refractivity contribution >= 4 is 39.1 Å². The van der Waals surface area contributed by atoms with Crippen LogP contribution in [0.5, 0.6) is 0 Å². The van der Waals surface area contributed by atoms with Crippen LogP contribution in [-0.2, 0) is 26.2 Å². The Balaban J connectivity index is 2.08. The van der Waals surface area contributed by atoms with Crippen molar-refractivity contribution in [1.82, 2.24) is 10.2 Å². The molecule has 0 spiro atoms. The molecule has 37 heavy (non-hydrogen) atoms. The Kier molecular flexibility index (Phi) is 8.99. The summed E-state index contributed by atoms with van der Waals surface area (Å²) >= 11 is 6.35. The van der Waals surface area contributed by atoms with Gasteiger partial charge in [-0.2, -0.15) is 0 Å². The lowest BCUT2D eigenvalue weighted by molar-refractivity contribution is -0.139. The number of nitrogens with zero attached hydrogens (tertiary/aromatic N) is 2. The Hall–Kier alpha value is -3.36. The van der Waals surface area contributed by atoms with Crippen LogP contribution in [0.2, 0.25) is 5.02 Å². The largest absolute Gasteiger partial charge is 0.357 e. The van der Waals surface area contributed by atoms with Gasteiger partial charge in [0.15, 0.2) is 0 Å². The maximum absolute atomic E-state index is 13.9. The molecule has 2 amide bonds. The van der Waals surface area contributed by atoms with Gasteiger partial charge in [-0.1, -0.05) is 65.2 Å². The normalized spacial score (nSPS) is 12.1. The zero-order valence-corrected chi connectivity index (χ0v) is 23.2. The van der Waals surface area contributed by atoms with Gasteiger partial charge in [0.05, 0.1) is 10.6 Å². The molecule has 0 aliphatic carbocycles. The molecule has 196 valence electrons. The van der Waals surface area contributed by atoms with Crippen LogP contribution in [0.15, 0.2) is 71.6 Å². The summed E-state index contributed by atoms with van der Waals surface area (Å²) in [5, 5.41) is 3.01. The summed E-state index contributed by atoms with van der Waals surface area (Å²) in [6.07, 6.45) is 0. The van der Waals surface area contributed by atoms with E-state index in [2.05, 4.69) is 5.32 Å². The van der Waals surface area contributed by atoms with E-state index in [1.807, 2.05) is 19.9 Å². The minimum Gasteiger partial charge on any atom is -0.357 e. The summed E-state index contributed by atoms with van der Waals surface area (Å²) in [4.78, 5) is 27.8. The first-order chi connectivity index (χ1) is 17.4. The average Bonchev–Trinajstić information content (AvgIpc) is 2.86. The molecule has 0 aliphatic rings. The van der Waals surface area contributed by atoms with Gasteiger partial charge < -0.3 is 10.2 Å². The highest BCUT2D eigenvalue weighted by atomic mass is 35.5. The van der Waals surface area contributed by atoms with Gasteiger partial charge in [-0.3, -0.25) is 13.9 Å².